The Morgan fingerprint density at radius 2 is 1.81 bits per heavy atom. The van der Waals surface area contributed by atoms with E-state index in [1.165, 1.54) is 17.4 Å². The summed E-state index contributed by atoms with van der Waals surface area (Å²) in [5.41, 5.74) is 3.18. The van der Waals surface area contributed by atoms with Gasteiger partial charge in [-0.15, -0.1) is 0 Å². The van der Waals surface area contributed by atoms with Crippen LogP contribution in [0.2, 0.25) is 5.02 Å². The zero-order chi connectivity index (χ0) is 15.0. The van der Waals surface area contributed by atoms with Gasteiger partial charge in [-0.05, 0) is 48.2 Å². The van der Waals surface area contributed by atoms with Crippen molar-refractivity contribution in [1.82, 2.24) is 0 Å². The van der Waals surface area contributed by atoms with E-state index in [2.05, 4.69) is 5.32 Å². The highest BCUT2D eigenvalue weighted by Gasteiger charge is 2.23. The van der Waals surface area contributed by atoms with Crippen LogP contribution in [0.25, 0.3) is 0 Å². The number of nitrogens with one attached hydrogen (secondary N) is 1. The summed E-state index contributed by atoms with van der Waals surface area (Å²) in [4.78, 5) is 0.346. The zero-order valence-electron chi connectivity index (χ0n) is 11.6. The van der Waals surface area contributed by atoms with E-state index in [4.69, 9.17) is 11.6 Å². The fraction of sp³-hybridized carbons (Fsp3) is 0.250. The molecule has 0 bridgehead atoms. The van der Waals surface area contributed by atoms with E-state index in [0.717, 1.165) is 17.9 Å². The summed E-state index contributed by atoms with van der Waals surface area (Å²) in [5, 5.41) is 4.10. The third-order valence-electron chi connectivity index (χ3n) is 3.75. The first-order valence-electron chi connectivity index (χ1n) is 6.76. The molecular formula is C16H16ClNO2S. The first-order chi connectivity index (χ1) is 9.93. The molecule has 21 heavy (non-hydrogen) atoms. The largest absolute Gasteiger partial charge is 0.381 e. The zero-order valence-corrected chi connectivity index (χ0v) is 13.2. The van der Waals surface area contributed by atoms with E-state index in [1.807, 2.05) is 30.3 Å². The predicted molar refractivity (Wildman–Crippen MR) is 85.8 cm³/mol. The van der Waals surface area contributed by atoms with Crippen molar-refractivity contribution in [3.8, 4) is 0 Å². The first-order valence-corrected chi connectivity index (χ1v) is 9.03. The van der Waals surface area contributed by atoms with Crippen LogP contribution in [0.5, 0.6) is 0 Å². The van der Waals surface area contributed by atoms with Gasteiger partial charge < -0.3 is 5.32 Å². The third kappa shape index (κ3) is 3.06. The van der Waals surface area contributed by atoms with Crippen LogP contribution in [0.15, 0.2) is 47.4 Å². The van der Waals surface area contributed by atoms with E-state index >= 15 is 0 Å². The maximum atomic E-state index is 11.8. The Morgan fingerprint density at radius 3 is 2.57 bits per heavy atom. The molecule has 0 spiro atoms. The van der Waals surface area contributed by atoms with Crippen molar-refractivity contribution in [2.45, 2.75) is 23.8 Å². The van der Waals surface area contributed by atoms with Crippen molar-refractivity contribution >= 4 is 27.1 Å². The summed E-state index contributed by atoms with van der Waals surface area (Å²) in [7, 11) is -3.23. The second-order valence-electron chi connectivity index (χ2n) is 5.43. The number of halogens is 1. The standard InChI is InChI=1S/C16H16ClNO2S/c1-21(19,20)16-5-3-2-4-15(16)18-14-9-11-6-7-13(17)8-12(11)10-14/h2-8,14,18H,9-10H2,1H3. The molecular weight excluding hydrogens is 306 g/mol. The van der Waals surface area contributed by atoms with Crippen LogP contribution in [0.1, 0.15) is 11.1 Å². The quantitative estimate of drug-likeness (QED) is 0.943. The highest BCUT2D eigenvalue weighted by atomic mass is 35.5. The Balaban J connectivity index is 1.84. The molecule has 1 N–H and O–H groups in total. The minimum Gasteiger partial charge on any atom is -0.381 e. The molecule has 0 saturated heterocycles. The molecule has 1 aliphatic carbocycles. The van der Waals surface area contributed by atoms with Gasteiger partial charge in [0.25, 0.3) is 0 Å². The third-order valence-corrected chi connectivity index (χ3v) is 5.14. The van der Waals surface area contributed by atoms with Gasteiger partial charge >= 0.3 is 0 Å². The molecule has 0 radical (unpaired) electrons. The first kappa shape index (κ1) is 14.4. The Bertz CT molecular complexity index is 787. The molecule has 3 rings (SSSR count). The average Bonchev–Trinajstić information content (AvgIpc) is 2.79. The minimum atomic E-state index is -3.23. The van der Waals surface area contributed by atoms with E-state index in [0.29, 0.717) is 10.6 Å². The van der Waals surface area contributed by atoms with Gasteiger partial charge in [-0.1, -0.05) is 29.8 Å². The van der Waals surface area contributed by atoms with Gasteiger partial charge in [0.1, 0.15) is 0 Å². The molecule has 5 heteroatoms. The number of hydrogen-bond donors (Lipinski definition) is 1. The summed E-state index contributed by atoms with van der Waals surface area (Å²) in [6.45, 7) is 0. The van der Waals surface area contributed by atoms with Gasteiger partial charge in [0.15, 0.2) is 9.84 Å². The fourth-order valence-corrected chi connectivity index (χ4v) is 3.86. The van der Waals surface area contributed by atoms with Gasteiger partial charge in [-0.3, -0.25) is 0 Å². The molecule has 110 valence electrons. The number of benzene rings is 2. The van der Waals surface area contributed by atoms with Crippen molar-refractivity contribution < 1.29 is 8.42 Å². The van der Waals surface area contributed by atoms with Crippen LogP contribution in [0, 0.1) is 0 Å². The van der Waals surface area contributed by atoms with Gasteiger partial charge in [-0.2, -0.15) is 0 Å². The molecule has 3 nitrogen and oxygen atoms in total. The lowest BCUT2D eigenvalue weighted by atomic mass is 10.1. The minimum absolute atomic E-state index is 0.196. The second-order valence-corrected chi connectivity index (χ2v) is 7.85. The summed E-state index contributed by atoms with van der Waals surface area (Å²) in [6.07, 6.45) is 2.97. The maximum absolute atomic E-state index is 11.8. The lowest BCUT2D eigenvalue weighted by molar-refractivity contribution is 0.602. The highest BCUT2D eigenvalue weighted by molar-refractivity contribution is 7.90. The van der Waals surface area contributed by atoms with Crippen LogP contribution in [-0.4, -0.2) is 20.7 Å². The van der Waals surface area contributed by atoms with Crippen molar-refractivity contribution in [2.24, 2.45) is 0 Å². The molecule has 0 aromatic heterocycles. The Kier molecular flexibility index (Phi) is 3.68. The van der Waals surface area contributed by atoms with E-state index in [9.17, 15) is 8.42 Å². The maximum Gasteiger partial charge on any atom is 0.177 e. The molecule has 2 aromatic rings. The fourth-order valence-electron chi connectivity index (χ4n) is 2.82. The SMILES string of the molecule is CS(=O)(=O)c1ccccc1NC1Cc2ccc(Cl)cc2C1. The summed E-state index contributed by atoms with van der Waals surface area (Å²) in [6, 6.07) is 13.2. The monoisotopic (exact) mass is 321 g/mol. The molecule has 0 saturated carbocycles. The number of rotatable bonds is 3. The Labute approximate surface area is 129 Å². The molecule has 0 fully saturated rings. The number of hydrogen-bond acceptors (Lipinski definition) is 3. The van der Waals surface area contributed by atoms with Gasteiger partial charge in [0.2, 0.25) is 0 Å². The van der Waals surface area contributed by atoms with E-state index < -0.39 is 9.84 Å². The van der Waals surface area contributed by atoms with Crippen LogP contribution < -0.4 is 5.32 Å². The molecule has 0 amide bonds. The van der Waals surface area contributed by atoms with Gasteiger partial charge in [-0.25, -0.2) is 8.42 Å². The van der Waals surface area contributed by atoms with Crippen molar-refractivity contribution in [3.05, 3.63) is 58.6 Å². The number of para-hydroxylation sites is 1. The Morgan fingerprint density at radius 1 is 1.10 bits per heavy atom. The molecule has 1 atom stereocenters. The van der Waals surface area contributed by atoms with Gasteiger partial charge in [0.05, 0.1) is 10.6 Å². The predicted octanol–water partition coefficient (Wildman–Crippen LogP) is 3.32. The second kappa shape index (κ2) is 5.35. The smallest absolute Gasteiger partial charge is 0.177 e. The number of sulfone groups is 1. The highest BCUT2D eigenvalue weighted by Crippen LogP contribution is 2.29. The summed E-state index contributed by atoms with van der Waals surface area (Å²) < 4.78 is 23.7. The Hall–Kier alpha value is -1.52. The van der Waals surface area contributed by atoms with Crippen molar-refractivity contribution in [3.63, 3.8) is 0 Å². The average molecular weight is 322 g/mol. The van der Waals surface area contributed by atoms with Crippen molar-refractivity contribution in [1.29, 1.82) is 0 Å². The lowest BCUT2D eigenvalue weighted by Crippen LogP contribution is -2.20. The molecule has 0 aliphatic heterocycles. The van der Waals surface area contributed by atoms with Gasteiger partial charge in [0, 0.05) is 17.3 Å². The molecule has 2 aromatic carbocycles. The summed E-state index contributed by atoms with van der Waals surface area (Å²) in [5.74, 6) is 0. The number of fused-ring (bicyclic) bond motifs is 1. The van der Waals surface area contributed by atoms with Crippen LogP contribution in [0.3, 0.4) is 0 Å². The van der Waals surface area contributed by atoms with Crippen LogP contribution >= 0.6 is 11.6 Å². The molecule has 1 aliphatic rings. The topological polar surface area (TPSA) is 46.2 Å². The van der Waals surface area contributed by atoms with E-state index in [-0.39, 0.29) is 6.04 Å². The molecule has 0 heterocycles. The van der Waals surface area contributed by atoms with E-state index in [1.54, 1.807) is 12.1 Å². The normalized spacial score (nSPS) is 17.5. The van der Waals surface area contributed by atoms with Crippen LogP contribution in [0.4, 0.5) is 5.69 Å². The molecule has 1 unspecified atom stereocenters. The van der Waals surface area contributed by atoms with Crippen LogP contribution in [-0.2, 0) is 22.7 Å². The summed E-state index contributed by atoms with van der Waals surface area (Å²) >= 11 is 6.02. The van der Waals surface area contributed by atoms with Crippen molar-refractivity contribution in [2.75, 3.05) is 11.6 Å². The lowest BCUT2D eigenvalue weighted by Gasteiger charge is -2.16. The number of anilines is 1.